The van der Waals surface area contributed by atoms with Gasteiger partial charge in [0.2, 0.25) is 5.95 Å². The third-order valence-corrected chi connectivity index (χ3v) is 1.72. The smallest absolute Gasteiger partial charge is 0.221 e. The largest absolute Gasteiger partial charge is 0.368 e. The quantitative estimate of drug-likeness (QED) is 0.627. The van der Waals surface area contributed by atoms with Crippen LogP contribution < -0.4 is 5.73 Å². The van der Waals surface area contributed by atoms with Crippen molar-refractivity contribution in [3.05, 3.63) is 23.5 Å². The van der Waals surface area contributed by atoms with Crippen LogP contribution in [0.2, 0.25) is 0 Å². The maximum Gasteiger partial charge on any atom is 0.221 e. The molecule has 2 rings (SSSR count). The van der Waals surface area contributed by atoms with Gasteiger partial charge in [-0.2, -0.15) is 5.10 Å². The van der Waals surface area contributed by atoms with Crippen molar-refractivity contribution < 1.29 is 0 Å². The van der Waals surface area contributed by atoms with Crippen LogP contribution in [0.1, 0.15) is 11.4 Å². The number of aromatic nitrogens is 3. The molecular weight excluding hydrogens is 152 g/mol. The lowest BCUT2D eigenvalue weighted by Gasteiger charge is -1.98. The zero-order chi connectivity index (χ0) is 8.72. The number of hydrogen-bond donors (Lipinski definition) is 1. The average Bonchev–Trinajstić information content (AvgIpc) is 2.29. The predicted octanol–water partition coefficient (Wildman–Crippen LogP) is 0.928. The van der Waals surface area contributed by atoms with Crippen LogP contribution in [0.5, 0.6) is 0 Å². The van der Waals surface area contributed by atoms with Gasteiger partial charge in [0.05, 0.1) is 11.2 Å². The number of aryl methyl sites for hydroxylation is 2. The minimum absolute atomic E-state index is 0.443. The zero-order valence-corrected chi connectivity index (χ0v) is 7.07. The van der Waals surface area contributed by atoms with Gasteiger partial charge in [0.15, 0.2) is 0 Å². The van der Waals surface area contributed by atoms with E-state index in [0.29, 0.717) is 5.95 Å². The summed E-state index contributed by atoms with van der Waals surface area (Å²) in [6, 6.07) is 3.93. The van der Waals surface area contributed by atoms with E-state index < -0.39 is 0 Å². The van der Waals surface area contributed by atoms with E-state index in [1.54, 1.807) is 4.52 Å². The number of nitrogen functional groups attached to an aromatic ring is 1. The first-order chi connectivity index (χ1) is 5.66. The van der Waals surface area contributed by atoms with Gasteiger partial charge < -0.3 is 5.73 Å². The maximum absolute atomic E-state index is 5.66. The Kier molecular flexibility index (Phi) is 1.30. The van der Waals surface area contributed by atoms with Crippen molar-refractivity contribution >= 4 is 11.5 Å². The van der Waals surface area contributed by atoms with Gasteiger partial charge in [0.1, 0.15) is 0 Å². The Hall–Kier alpha value is -1.58. The number of nitrogens with zero attached hydrogens (tertiary/aromatic N) is 3. The second-order valence-corrected chi connectivity index (χ2v) is 2.88. The van der Waals surface area contributed by atoms with Crippen molar-refractivity contribution in [2.24, 2.45) is 0 Å². The normalized spacial score (nSPS) is 10.8. The van der Waals surface area contributed by atoms with Gasteiger partial charge in [-0.3, -0.25) is 0 Å². The number of rotatable bonds is 0. The molecule has 4 heteroatoms. The van der Waals surface area contributed by atoms with E-state index in [2.05, 4.69) is 10.1 Å². The molecule has 12 heavy (non-hydrogen) atoms. The summed E-state index contributed by atoms with van der Waals surface area (Å²) in [6.07, 6.45) is 0. The highest BCUT2D eigenvalue weighted by Gasteiger charge is 2.01. The molecule has 2 aromatic rings. The number of anilines is 1. The Morgan fingerprint density at radius 3 is 2.67 bits per heavy atom. The summed E-state index contributed by atoms with van der Waals surface area (Å²) in [7, 11) is 0. The number of fused-ring (bicyclic) bond motifs is 1. The third kappa shape index (κ3) is 0.922. The maximum atomic E-state index is 5.66. The Balaban J connectivity index is 2.88. The highest BCUT2D eigenvalue weighted by atomic mass is 15.3. The average molecular weight is 162 g/mol. The molecule has 0 aromatic carbocycles. The summed E-state index contributed by atoms with van der Waals surface area (Å²) in [5, 5.41) is 4.18. The molecule has 0 amide bonds. The number of nitrogens with two attached hydrogens (primary N) is 1. The monoisotopic (exact) mass is 162 g/mol. The topological polar surface area (TPSA) is 56.2 Å². The van der Waals surface area contributed by atoms with Crippen LogP contribution in [0.15, 0.2) is 12.1 Å². The van der Waals surface area contributed by atoms with Crippen molar-refractivity contribution in [3.8, 4) is 0 Å². The molecule has 2 N–H and O–H groups in total. The van der Waals surface area contributed by atoms with Gasteiger partial charge in [0.25, 0.3) is 0 Å². The summed E-state index contributed by atoms with van der Waals surface area (Å²) in [4.78, 5) is 4.09. The standard InChI is InChI=1S/C8H10N4/c1-5-3-7-4-6(2)11-12(7)8(9)10-5/h3-4H,1-2H3,(H2,9,10). The molecule has 0 aliphatic heterocycles. The van der Waals surface area contributed by atoms with E-state index in [1.807, 2.05) is 26.0 Å². The lowest BCUT2D eigenvalue weighted by molar-refractivity contribution is 0.908. The van der Waals surface area contributed by atoms with Gasteiger partial charge in [-0.1, -0.05) is 0 Å². The van der Waals surface area contributed by atoms with E-state index in [-0.39, 0.29) is 0 Å². The van der Waals surface area contributed by atoms with Crippen molar-refractivity contribution in [1.29, 1.82) is 0 Å². The highest BCUT2D eigenvalue weighted by molar-refractivity contribution is 5.51. The van der Waals surface area contributed by atoms with Crippen molar-refractivity contribution in [3.63, 3.8) is 0 Å². The van der Waals surface area contributed by atoms with Crippen molar-refractivity contribution in [1.82, 2.24) is 14.6 Å². The second kappa shape index (κ2) is 2.20. The molecule has 2 aromatic heterocycles. The van der Waals surface area contributed by atoms with Crippen LogP contribution in [0.4, 0.5) is 5.95 Å². The van der Waals surface area contributed by atoms with Crippen LogP contribution in [-0.2, 0) is 0 Å². The molecule has 0 fully saturated rings. The SMILES string of the molecule is Cc1cc2cc(C)nn2c(N)n1. The summed E-state index contributed by atoms with van der Waals surface area (Å²) in [5.41, 5.74) is 8.53. The molecule has 0 aliphatic rings. The van der Waals surface area contributed by atoms with Gasteiger partial charge in [0, 0.05) is 5.69 Å². The fourth-order valence-electron chi connectivity index (χ4n) is 1.28. The lowest BCUT2D eigenvalue weighted by atomic mass is 10.3. The molecule has 2 heterocycles. The first-order valence-corrected chi connectivity index (χ1v) is 3.76. The fourth-order valence-corrected chi connectivity index (χ4v) is 1.28. The Morgan fingerprint density at radius 2 is 1.92 bits per heavy atom. The molecule has 0 aliphatic carbocycles. The molecule has 4 nitrogen and oxygen atoms in total. The second-order valence-electron chi connectivity index (χ2n) is 2.88. The minimum Gasteiger partial charge on any atom is -0.368 e. The summed E-state index contributed by atoms with van der Waals surface area (Å²) >= 11 is 0. The van der Waals surface area contributed by atoms with Crippen LogP contribution in [0, 0.1) is 13.8 Å². The molecule has 0 atom stereocenters. The van der Waals surface area contributed by atoms with Crippen LogP contribution >= 0.6 is 0 Å². The van der Waals surface area contributed by atoms with Crippen LogP contribution in [0.25, 0.3) is 5.52 Å². The number of hydrogen-bond acceptors (Lipinski definition) is 3. The first kappa shape index (κ1) is 7.09. The molecular formula is C8H10N4. The van der Waals surface area contributed by atoms with Gasteiger partial charge in [-0.05, 0) is 26.0 Å². The van der Waals surface area contributed by atoms with Crippen molar-refractivity contribution in [2.45, 2.75) is 13.8 Å². The predicted molar refractivity (Wildman–Crippen MR) is 46.9 cm³/mol. The van der Waals surface area contributed by atoms with Crippen LogP contribution in [0.3, 0.4) is 0 Å². The molecule has 62 valence electrons. The summed E-state index contributed by atoms with van der Waals surface area (Å²) in [6.45, 7) is 3.85. The molecule has 0 saturated carbocycles. The molecule has 0 unspecified atom stereocenters. The Labute approximate surface area is 70.0 Å². The van der Waals surface area contributed by atoms with Crippen LogP contribution in [-0.4, -0.2) is 14.6 Å². The fraction of sp³-hybridized carbons (Fsp3) is 0.250. The lowest BCUT2D eigenvalue weighted by Crippen LogP contribution is -2.02. The van der Waals surface area contributed by atoms with Gasteiger partial charge in [-0.15, -0.1) is 0 Å². The Bertz CT molecular complexity index is 430. The molecule has 0 spiro atoms. The highest BCUT2D eigenvalue weighted by Crippen LogP contribution is 2.10. The zero-order valence-electron chi connectivity index (χ0n) is 7.07. The van der Waals surface area contributed by atoms with Gasteiger partial charge >= 0.3 is 0 Å². The molecule has 0 bridgehead atoms. The van der Waals surface area contributed by atoms with Gasteiger partial charge in [-0.25, -0.2) is 9.50 Å². The van der Waals surface area contributed by atoms with E-state index in [4.69, 9.17) is 5.73 Å². The minimum atomic E-state index is 0.443. The van der Waals surface area contributed by atoms with E-state index in [0.717, 1.165) is 16.9 Å². The van der Waals surface area contributed by atoms with E-state index in [9.17, 15) is 0 Å². The third-order valence-electron chi connectivity index (χ3n) is 1.72. The summed E-state index contributed by atoms with van der Waals surface area (Å²) in [5.74, 6) is 0.443. The van der Waals surface area contributed by atoms with E-state index in [1.165, 1.54) is 0 Å². The van der Waals surface area contributed by atoms with E-state index >= 15 is 0 Å². The first-order valence-electron chi connectivity index (χ1n) is 3.76. The molecule has 0 radical (unpaired) electrons. The molecule has 0 saturated heterocycles. The van der Waals surface area contributed by atoms with Crippen molar-refractivity contribution in [2.75, 3.05) is 5.73 Å². The Morgan fingerprint density at radius 1 is 1.25 bits per heavy atom. The summed E-state index contributed by atoms with van der Waals surface area (Å²) < 4.78 is 1.64.